The van der Waals surface area contributed by atoms with E-state index in [1.54, 1.807) is 30.5 Å². The highest BCUT2D eigenvalue weighted by molar-refractivity contribution is 6.30. The minimum absolute atomic E-state index is 0.249. The van der Waals surface area contributed by atoms with Crippen LogP contribution in [0.4, 0.5) is 0 Å². The zero-order chi connectivity index (χ0) is 14.1. The summed E-state index contributed by atoms with van der Waals surface area (Å²) in [5, 5.41) is 14.5. The SMILES string of the molecule is O=C(O)c1cn(C2CCCC2)nc1-c1ccc(Cl)cc1. The maximum atomic E-state index is 11.4. The van der Waals surface area contributed by atoms with E-state index >= 15 is 0 Å². The number of hydrogen-bond donors (Lipinski definition) is 1. The molecule has 1 saturated carbocycles. The van der Waals surface area contributed by atoms with Gasteiger partial charge in [-0.3, -0.25) is 4.68 Å². The normalized spacial score (nSPS) is 15.7. The smallest absolute Gasteiger partial charge is 0.339 e. The second kappa shape index (κ2) is 5.29. The first-order chi connectivity index (χ1) is 9.65. The summed E-state index contributed by atoms with van der Waals surface area (Å²) in [6.45, 7) is 0. The molecular formula is C15H15ClN2O2. The number of benzene rings is 1. The number of aromatic nitrogens is 2. The number of hydrogen-bond acceptors (Lipinski definition) is 2. The van der Waals surface area contributed by atoms with Crippen LogP contribution in [0.25, 0.3) is 11.3 Å². The largest absolute Gasteiger partial charge is 0.478 e. The molecule has 1 fully saturated rings. The van der Waals surface area contributed by atoms with E-state index < -0.39 is 5.97 Å². The fraction of sp³-hybridized carbons (Fsp3) is 0.333. The van der Waals surface area contributed by atoms with Gasteiger partial charge in [0, 0.05) is 16.8 Å². The van der Waals surface area contributed by atoms with E-state index in [1.807, 2.05) is 4.68 Å². The Bertz CT molecular complexity index is 628. The van der Waals surface area contributed by atoms with Crippen molar-refractivity contribution < 1.29 is 9.90 Å². The first-order valence-electron chi connectivity index (χ1n) is 6.73. The summed E-state index contributed by atoms with van der Waals surface area (Å²) in [4.78, 5) is 11.4. The number of aromatic carboxylic acids is 1. The Kier molecular flexibility index (Phi) is 3.49. The molecule has 104 valence electrons. The van der Waals surface area contributed by atoms with Crippen molar-refractivity contribution >= 4 is 17.6 Å². The van der Waals surface area contributed by atoms with Crippen molar-refractivity contribution in [1.29, 1.82) is 0 Å². The average molecular weight is 291 g/mol. The first kappa shape index (κ1) is 13.2. The quantitative estimate of drug-likeness (QED) is 0.929. The highest BCUT2D eigenvalue weighted by Gasteiger charge is 2.23. The Balaban J connectivity index is 2.04. The van der Waals surface area contributed by atoms with Gasteiger partial charge in [-0.1, -0.05) is 36.6 Å². The van der Waals surface area contributed by atoms with Crippen molar-refractivity contribution in [2.75, 3.05) is 0 Å². The van der Waals surface area contributed by atoms with Gasteiger partial charge in [0.25, 0.3) is 0 Å². The van der Waals surface area contributed by atoms with Gasteiger partial charge < -0.3 is 5.11 Å². The standard InChI is InChI=1S/C15H15ClN2O2/c16-11-7-5-10(6-8-11)14-13(15(19)20)9-18(17-14)12-3-1-2-4-12/h5-9,12H,1-4H2,(H,19,20). The van der Waals surface area contributed by atoms with E-state index in [2.05, 4.69) is 5.10 Å². The highest BCUT2D eigenvalue weighted by Crippen LogP contribution is 2.32. The molecule has 3 rings (SSSR count). The van der Waals surface area contributed by atoms with Gasteiger partial charge in [-0.25, -0.2) is 4.79 Å². The van der Waals surface area contributed by atoms with Crippen LogP contribution < -0.4 is 0 Å². The van der Waals surface area contributed by atoms with Crippen molar-refractivity contribution in [3.8, 4) is 11.3 Å². The molecule has 0 atom stereocenters. The molecule has 2 aromatic rings. The summed E-state index contributed by atoms with van der Waals surface area (Å²) in [5.74, 6) is -0.945. The Hall–Kier alpha value is -1.81. The zero-order valence-corrected chi connectivity index (χ0v) is 11.7. The van der Waals surface area contributed by atoms with Crippen molar-refractivity contribution in [1.82, 2.24) is 9.78 Å². The molecule has 1 N–H and O–H groups in total. The van der Waals surface area contributed by atoms with Crippen molar-refractivity contribution in [2.45, 2.75) is 31.7 Å². The third kappa shape index (κ3) is 2.43. The third-order valence-corrected chi connectivity index (χ3v) is 4.03. The lowest BCUT2D eigenvalue weighted by Crippen LogP contribution is -2.05. The van der Waals surface area contributed by atoms with E-state index in [1.165, 1.54) is 12.8 Å². The Morgan fingerprint density at radius 2 is 1.90 bits per heavy atom. The molecule has 0 aliphatic heterocycles. The molecule has 1 heterocycles. The predicted molar refractivity (Wildman–Crippen MR) is 77.1 cm³/mol. The fourth-order valence-electron chi connectivity index (χ4n) is 2.72. The fourth-order valence-corrected chi connectivity index (χ4v) is 2.85. The zero-order valence-electron chi connectivity index (χ0n) is 10.9. The van der Waals surface area contributed by atoms with Gasteiger partial charge in [0.05, 0.1) is 6.04 Å². The highest BCUT2D eigenvalue weighted by atomic mass is 35.5. The van der Waals surface area contributed by atoms with Gasteiger partial charge in [-0.15, -0.1) is 0 Å². The Labute approximate surface area is 122 Å². The molecule has 4 nitrogen and oxygen atoms in total. The minimum Gasteiger partial charge on any atom is -0.478 e. The van der Waals surface area contributed by atoms with Gasteiger partial charge >= 0.3 is 5.97 Å². The summed E-state index contributed by atoms with van der Waals surface area (Å²) >= 11 is 5.87. The molecule has 1 aromatic heterocycles. The lowest BCUT2D eigenvalue weighted by atomic mass is 10.1. The van der Waals surface area contributed by atoms with Crippen LogP contribution in [-0.2, 0) is 0 Å². The molecule has 0 bridgehead atoms. The minimum atomic E-state index is -0.945. The number of rotatable bonds is 3. The van der Waals surface area contributed by atoms with E-state index in [-0.39, 0.29) is 5.56 Å². The van der Waals surface area contributed by atoms with Crippen LogP contribution in [0.15, 0.2) is 30.5 Å². The average Bonchev–Trinajstić information content (AvgIpc) is 3.08. The van der Waals surface area contributed by atoms with E-state index in [4.69, 9.17) is 11.6 Å². The van der Waals surface area contributed by atoms with Gasteiger partial charge in [0.15, 0.2) is 0 Å². The second-order valence-electron chi connectivity index (χ2n) is 5.12. The summed E-state index contributed by atoms with van der Waals surface area (Å²) in [6, 6.07) is 7.43. The predicted octanol–water partition coefficient (Wildman–Crippen LogP) is 4.02. The van der Waals surface area contributed by atoms with E-state index in [0.29, 0.717) is 16.8 Å². The third-order valence-electron chi connectivity index (χ3n) is 3.78. The van der Waals surface area contributed by atoms with Crippen LogP contribution in [0.3, 0.4) is 0 Å². The topological polar surface area (TPSA) is 55.1 Å². The maximum Gasteiger partial charge on any atom is 0.339 e. The molecule has 5 heteroatoms. The molecule has 1 aromatic carbocycles. The van der Waals surface area contributed by atoms with Crippen LogP contribution in [0.1, 0.15) is 42.1 Å². The van der Waals surface area contributed by atoms with Gasteiger partial charge in [0.2, 0.25) is 0 Å². The molecule has 0 amide bonds. The van der Waals surface area contributed by atoms with Crippen molar-refractivity contribution in [2.24, 2.45) is 0 Å². The number of carboxylic acid groups (broad SMARTS) is 1. The Morgan fingerprint density at radius 1 is 1.25 bits per heavy atom. The molecule has 20 heavy (non-hydrogen) atoms. The molecule has 1 aliphatic rings. The van der Waals surface area contributed by atoms with E-state index in [0.717, 1.165) is 18.4 Å². The van der Waals surface area contributed by atoms with Crippen LogP contribution in [0, 0.1) is 0 Å². The van der Waals surface area contributed by atoms with Gasteiger partial charge in [0.1, 0.15) is 11.3 Å². The summed E-state index contributed by atoms with van der Waals surface area (Å²) in [6.07, 6.45) is 6.16. The summed E-state index contributed by atoms with van der Waals surface area (Å²) in [7, 11) is 0. The molecule has 0 radical (unpaired) electrons. The maximum absolute atomic E-state index is 11.4. The number of halogens is 1. The lowest BCUT2D eigenvalue weighted by molar-refractivity contribution is 0.0697. The number of nitrogens with zero attached hydrogens (tertiary/aromatic N) is 2. The number of carbonyl (C=O) groups is 1. The first-order valence-corrected chi connectivity index (χ1v) is 7.11. The molecule has 0 spiro atoms. The summed E-state index contributed by atoms with van der Waals surface area (Å²) in [5.41, 5.74) is 1.55. The monoisotopic (exact) mass is 290 g/mol. The lowest BCUT2D eigenvalue weighted by Gasteiger charge is -2.08. The molecule has 0 unspecified atom stereocenters. The van der Waals surface area contributed by atoms with Crippen LogP contribution >= 0.6 is 11.6 Å². The molecule has 1 aliphatic carbocycles. The van der Waals surface area contributed by atoms with Crippen LogP contribution in [0.5, 0.6) is 0 Å². The molecule has 0 saturated heterocycles. The van der Waals surface area contributed by atoms with Crippen molar-refractivity contribution in [3.63, 3.8) is 0 Å². The van der Waals surface area contributed by atoms with Crippen LogP contribution in [0.2, 0.25) is 5.02 Å². The number of carboxylic acids is 1. The molecular weight excluding hydrogens is 276 g/mol. The van der Waals surface area contributed by atoms with Gasteiger partial charge in [-0.05, 0) is 25.0 Å². The Morgan fingerprint density at radius 3 is 2.50 bits per heavy atom. The van der Waals surface area contributed by atoms with Crippen molar-refractivity contribution in [3.05, 3.63) is 41.0 Å². The second-order valence-corrected chi connectivity index (χ2v) is 5.56. The van der Waals surface area contributed by atoms with Crippen LogP contribution in [-0.4, -0.2) is 20.9 Å². The summed E-state index contributed by atoms with van der Waals surface area (Å²) < 4.78 is 1.82. The van der Waals surface area contributed by atoms with Gasteiger partial charge in [-0.2, -0.15) is 5.10 Å². The van der Waals surface area contributed by atoms with E-state index in [9.17, 15) is 9.90 Å².